The Bertz CT molecular complexity index is 1840. The van der Waals surface area contributed by atoms with Gasteiger partial charge in [0.15, 0.2) is 0 Å². The molecule has 4 heteroatoms. The molecule has 0 aliphatic rings. The van der Waals surface area contributed by atoms with Crippen LogP contribution in [-0.4, -0.2) is 9.97 Å². The summed E-state index contributed by atoms with van der Waals surface area (Å²) < 4.78 is 0. The van der Waals surface area contributed by atoms with Crippen molar-refractivity contribution in [1.82, 2.24) is 9.97 Å². The highest BCUT2D eigenvalue weighted by Gasteiger charge is 2.16. The molecule has 0 aliphatic carbocycles. The topological polar surface area (TPSA) is 32.3 Å². The first kappa shape index (κ1) is 26.5. The molecule has 0 spiro atoms. The molecule has 1 aromatic heterocycles. The number of aromatic nitrogens is 2. The number of hydrogen-bond acceptors (Lipinski definition) is 4. The minimum Gasteiger partial charge on any atom is -0.311 e. The Balaban J connectivity index is 1.35. The number of benzene rings is 5. The van der Waals surface area contributed by atoms with Gasteiger partial charge in [-0.2, -0.15) is 0 Å². The number of nitrogens with zero attached hydrogens (tertiary/aromatic N) is 4. The highest BCUT2D eigenvalue weighted by atomic mass is 15.2. The van der Waals surface area contributed by atoms with Crippen LogP contribution >= 0.6 is 0 Å². The van der Waals surface area contributed by atoms with Gasteiger partial charge in [0.2, 0.25) is 0 Å². The summed E-state index contributed by atoms with van der Waals surface area (Å²) >= 11 is 0. The number of fused-ring (bicyclic) bond motifs is 1. The standard InChI is InChI=1S/C38H30N4/c1-3-4-13-29(2)41(31-14-7-5-8-15-31)33-24-26-35(27-25-33)42(32-16-9-6-10-17-32)34-22-20-30(21-23-34)38-28-39-36-18-11-12-19-37(36)40-38/h3-28H,1-2H2/b13-4-. The van der Waals surface area contributed by atoms with Crippen LogP contribution in [0.2, 0.25) is 0 Å². The lowest BCUT2D eigenvalue weighted by Crippen LogP contribution is -2.15. The molecule has 4 nitrogen and oxygen atoms in total. The molecule has 0 atom stereocenters. The van der Waals surface area contributed by atoms with Gasteiger partial charge in [0, 0.05) is 39.7 Å². The zero-order chi connectivity index (χ0) is 28.7. The van der Waals surface area contributed by atoms with Crippen LogP contribution in [0.1, 0.15) is 0 Å². The summed E-state index contributed by atoms with van der Waals surface area (Å²) in [7, 11) is 0. The van der Waals surface area contributed by atoms with Gasteiger partial charge in [-0.1, -0.05) is 86.0 Å². The molecule has 0 fully saturated rings. The van der Waals surface area contributed by atoms with Gasteiger partial charge in [-0.05, 0) is 78.9 Å². The second kappa shape index (κ2) is 12.2. The van der Waals surface area contributed by atoms with Gasteiger partial charge in [0.05, 0.1) is 22.9 Å². The Morgan fingerprint density at radius 2 is 1.07 bits per heavy atom. The van der Waals surface area contributed by atoms with Crippen molar-refractivity contribution in [1.29, 1.82) is 0 Å². The molecule has 1 heterocycles. The highest BCUT2D eigenvalue weighted by Crippen LogP contribution is 2.38. The van der Waals surface area contributed by atoms with Crippen LogP contribution in [0, 0.1) is 0 Å². The summed E-state index contributed by atoms with van der Waals surface area (Å²) in [6.07, 6.45) is 7.46. The van der Waals surface area contributed by atoms with E-state index in [4.69, 9.17) is 4.98 Å². The Hall–Kier alpha value is -5.74. The molecule has 0 amide bonds. The molecule has 0 unspecified atom stereocenters. The molecule has 0 bridgehead atoms. The summed E-state index contributed by atoms with van der Waals surface area (Å²) in [5.41, 5.74) is 9.71. The van der Waals surface area contributed by atoms with Crippen LogP contribution in [0.25, 0.3) is 22.3 Å². The summed E-state index contributed by atoms with van der Waals surface area (Å²) in [6.45, 7) is 8.12. The number of rotatable bonds is 9. The highest BCUT2D eigenvalue weighted by molar-refractivity contribution is 5.81. The average molecular weight is 543 g/mol. The summed E-state index contributed by atoms with van der Waals surface area (Å²) in [5, 5.41) is 0. The lowest BCUT2D eigenvalue weighted by Gasteiger charge is -2.28. The average Bonchev–Trinajstić information content (AvgIpc) is 3.06. The first-order chi connectivity index (χ1) is 20.7. The monoisotopic (exact) mass is 542 g/mol. The van der Waals surface area contributed by atoms with Gasteiger partial charge in [0.1, 0.15) is 0 Å². The third kappa shape index (κ3) is 5.60. The van der Waals surface area contributed by atoms with Crippen molar-refractivity contribution in [3.05, 3.63) is 177 Å². The number of anilines is 5. The maximum atomic E-state index is 4.82. The van der Waals surface area contributed by atoms with Crippen LogP contribution < -0.4 is 9.80 Å². The Kier molecular flexibility index (Phi) is 7.69. The van der Waals surface area contributed by atoms with E-state index in [0.717, 1.165) is 56.4 Å². The molecule has 0 N–H and O–H groups in total. The van der Waals surface area contributed by atoms with Gasteiger partial charge in [-0.3, -0.25) is 4.98 Å². The minimum absolute atomic E-state index is 0.848. The molecule has 42 heavy (non-hydrogen) atoms. The quantitative estimate of drug-likeness (QED) is 0.170. The molecule has 5 aromatic carbocycles. The van der Waals surface area contributed by atoms with Crippen molar-refractivity contribution in [3.63, 3.8) is 0 Å². The summed E-state index contributed by atoms with van der Waals surface area (Å²) in [4.78, 5) is 13.8. The van der Waals surface area contributed by atoms with E-state index >= 15 is 0 Å². The number of para-hydroxylation sites is 4. The van der Waals surface area contributed by atoms with Crippen molar-refractivity contribution < 1.29 is 0 Å². The smallest absolute Gasteiger partial charge is 0.0894 e. The fourth-order valence-corrected chi connectivity index (χ4v) is 4.96. The van der Waals surface area contributed by atoms with Crippen LogP contribution in [0.5, 0.6) is 0 Å². The fourth-order valence-electron chi connectivity index (χ4n) is 4.96. The van der Waals surface area contributed by atoms with E-state index in [1.165, 1.54) is 0 Å². The Morgan fingerprint density at radius 3 is 1.71 bits per heavy atom. The second-order valence-corrected chi connectivity index (χ2v) is 9.74. The van der Waals surface area contributed by atoms with E-state index in [-0.39, 0.29) is 0 Å². The number of hydrogen-bond donors (Lipinski definition) is 0. The molecule has 0 radical (unpaired) electrons. The van der Waals surface area contributed by atoms with E-state index in [1.807, 2.05) is 66.9 Å². The first-order valence-corrected chi connectivity index (χ1v) is 13.8. The van der Waals surface area contributed by atoms with Crippen molar-refractivity contribution in [2.75, 3.05) is 9.80 Å². The van der Waals surface area contributed by atoms with Crippen LogP contribution in [-0.2, 0) is 0 Å². The Morgan fingerprint density at radius 1 is 0.571 bits per heavy atom. The van der Waals surface area contributed by atoms with Crippen LogP contribution in [0.4, 0.5) is 28.4 Å². The van der Waals surface area contributed by atoms with Gasteiger partial charge in [-0.25, -0.2) is 4.98 Å². The lowest BCUT2D eigenvalue weighted by atomic mass is 10.1. The van der Waals surface area contributed by atoms with Crippen molar-refractivity contribution in [3.8, 4) is 11.3 Å². The van der Waals surface area contributed by atoms with Crippen molar-refractivity contribution in [2.45, 2.75) is 0 Å². The zero-order valence-electron chi connectivity index (χ0n) is 23.2. The lowest BCUT2D eigenvalue weighted by molar-refractivity contribution is 1.21. The van der Waals surface area contributed by atoms with Gasteiger partial charge in [0.25, 0.3) is 0 Å². The third-order valence-corrected chi connectivity index (χ3v) is 6.98. The van der Waals surface area contributed by atoms with Gasteiger partial charge in [-0.15, -0.1) is 0 Å². The van der Waals surface area contributed by atoms with Crippen LogP contribution in [0.15, 0.2) is 177 Å². The van der Waals surface area contributed by atoms with Crippen LogP contribution in [0.3, 0.4) is 0 Å². The molecule has 0 saturated heterocycles. The fraction of sp³-hybridized carbons (Fsp3) is 0. The molecule has 0 aliphatic heterocycles. The molecule has 202 valence electrons. The van der Waals surface area contributed by atoms with Gasteiger partial charge < -0.3 is 9.80 Å². The largest absolute Gasteiger partial charge is 0.311 e. The summed E-state index contributed by atoms with van der Waals surface area (Å²) in [5.74, 6) is 0. The SMILES string of the molecule is C=C/C=C\C(=C)N(c1ccccc1)c1ccc(N(c2ccccc2)c2ccc(-c3cnc4ccccc4n3)cc2)cc1. The second-order valence-electron chi connectivity index (χ2n) is 9.74. The first-order valence-electron chi connectivity index (χ1n) is 13.8. The maximum Gasteiger partial charge on any atom is 0.0894 e. The van der Waals surface area contributed by atoms with Crippen molar-refractivity contribution in [2.24, 2.45) is 0 Å². The van der Waals surface area contributed by atoms with Gasteiger partial charge >= 0.3 is 0 Å². The molecule has 0 saturated carbocycles. The molecule has 6 rings (SSSR count). The maximum absolute atomic E-state index is 4.82. The molecule has 6 aromatic rings. The normalized spacial score (nSPS) is 11.0. The van der Waals surface area contributed by atoms with E-state index in [1.54, 1.807) is 6.08 Å². The third-order valence-electron chi connectivity index (χ3n) is 6.98. The van der Waals surface area contributed by atoms with Crippen molar-refractivity contribution >= 4 is 39.5 Å². The predicted octanol–water partition coefficient (Wildman–Crippen LogP) is 10.2. The van der Waals surface area contributed by atoms with E-state index < -0.39 is 0 Å². The molecular formula is C38H30N4. The Labute approximate surface area is 246 Å². The molecular weight excluding hydrogens is 512 g/mol. The predicted molar refractivity (Wildman–Crippen MR) is 177 cm³/mol. The summed E-state index contributed by atoms with van der Waals surface area (Å²) in [6, 6.07) is 45.6. The van der Waals surface area contributed by atoms with E-state index in [0.29, 0.717) is 0 Å². The van der Waals surface area contributed by atoms with E-state index in [2.05, 4.69) is 113 Å². The minimum atomic E-state index is 0.848. The zero-order valence-corrected chi connectivity index (χ0v) is 23.2. The number of allylic oxidation sites excluding steroid dienone is 3. The van der Waals surface area contributed by atoms with E-state index in [9.17, 15) is 0 Å².